The monoisotopic (exact) mass is 290 g/mol. The van der Waals surface area contributed by atoms with E-state index >= 15 is 0 Å². The van der Waals surface area contributed by atoms with Gasteiger partial charge < -0.3 is 14.2 Å². The summed E-state index contributed by atoms with van der Waals surface area (Å²) in [6, 6.07) is 8.00. The Hall–Kier alpha value is -1.32. The molecule has 3 nitrogen and oxygen atoms in total. The lowest BCUT2D eigenvalue weighted by atomic mass is 10.0. The topological polar surface area (TPSA) is 27.7 Å². The fourth-order valence-electron chi connectivity index (χ4n) is 2.39. The Morgan fingerprint density at radius 3 is 2.57 bits per heavy atom. The summed E-state index contributed by atoms with van der Waals surface area (Å²) in [4.78, 5) is 0. The Kier molecular flexibility index (Phi) is 6.77. The number of rotatable bonds is 8. The number of hydrogen-bond acceptors (Lipinski definition) is 3. The fraction of sp³-hybridized carbons (Fsp3) is 0.556. The predicted molar refractivity (Wildman–Crippen MR) is 84.4 cm³/mol. The largest absolute Gasteiger partial charge is 0.494 e. The van der Waals surface area contributed by atoms with E-state index in [1.54, 1.807) is 0 Å². The highest BCUT2D eigenvalue weighted by atomic mass is 16.7. The zero-order valence-electron chi connectivity index (χ0n) is 12.9. The molecular weight excluding hydrogens is 264 g/mol. The van der Waals surface area contributed by atoms with Crippen LogP contribution in [-0.2, 0) is 9.47 Å². The molecular formula is C18H26O3. The van der Waals surface area contributed by atoms with Gasteiger partial charge in [0.25, 0.3) is 0 Å². The van der Waals surface area contributed by atoms with E-state index in [0.29, 0.717) is 5.92 Å². The van der Waals surface area contributed by atoms with Gasteiger partial charge >= 0.3 is 0 Å². The molecule has 0 N–H and O–H groups in total. The lowest BCUT2D eigenvalue weighted by Gasteiger charge is -2.29. The third kappa shape index (κ3) is 5.18. The second kappa shape index (κ2) is 8.85. The Morgan fingerprint density at radius 1 is 1.24 bits per heavy atom. The van der Waals surface area contributed by atoms with Crippen LogP contribution in [-0.4, -0.2) is 19.8 Å². The van der Waals surface area contributed by atoms with E-state index in [9.17, 15) is 0 Å². The Labute approximate surface area is 127 Å². The van der Waals surface area contributed by atoms with Crippen molar-refractivity contribution < 1.29 is 14.2 Å². The highest BCUT2D eigenvalue weighted by Gasteiger charge is 2.23. The number of ether oxygens (including phenoxy) is 3. The van der Waals surface area contributed by atoms with Gasteiger partial charge in [-0.2, -0.15) is 0 Å². The molecule has 1 heterocycles. The average Bonchev–Trinajstić information content (AvgIpc) is 2.54. The molecule has 0 radical (unpaired) electrons. The molecule has 1 aliphatic rings. The number of benzene rings is 1. The predicted octanol–water partition coefficient (Wildman–Crippen LogP) is 4.49. The van der Waals surface area contributed by atoms with E-state index in [-0.39, 0.29) is 6.29 Å². The molecule has 1 fully saturated rings. The van der Waals surface area contributed by atoms with Crippen LogP contribution in [0.25, 0.3) is 0 Å². The first-order valence-electron chi connectivity index (χ1n) is 7.90. The molecule has 0 aromatic heterocycles. The summed E-state index contributed by atoms with van der Waals surface area (Å²) in [6.45, 7) is 8.15. The first kappa shape index (κ1) is 16.1. The van der Waals surface area contributed by atoms with Gasteiger partial charge in [-0.05, 0) is 37.8 Å². The maximum Gasteiger partial charge on any atom is 0.183 e. The van der Waals surface area contributed by atoms with Crippen molar-refractivity contribution in [1.29, 1.82) is 0 Å². The van der Waals surface area contributed by atoms with Gasteiger partial charge in [0, 0.05) is 11.5 Å². The quantitative estimate of drug-likeness (QED) is 0.521. The molecule has 1 aromatic carbocycles. The van der Waals surface area contributed by atoms with Crippen molar-refractivity contribution in [2.24, 2.45) is 5.92 Å². The lowest BCUT2D eigenvalue weighted by Crippen LogP contribution is -2.27. The minimum Gasteiger partial charge on any atom is -0.494 e. The second-order valence-corrected chi connectivity index (χ2v) is 5.50. The molecule has 0 saturated carbocycles. The van der Waals surface area contributed by atoms with Crippen LogP contribution in [0.5, 0.6) is 5.75 Å². The van der Waals surface area contributed by atoms with Crippen LogP contribution in [0, 0.1) is 5.92 Å². The molecule has 21 heavy (non-hydrogen) atoms. The van der Waals surface area contributed by atoms with Gasteiger partial charge in [0.05, 0.1) is 19.8 Å². The first-order valence-corrected chi connectivity index (χ1v) is 7.90. The van der Waals surface area contributed by atoms with Crippen LogP contribution in [0.4, 0.5) is 0 Å². The van der Waals surface area contributed by atoms with E-state index in [1.165, 1.54) is 0 Å². The summed E-state index contributed by atoms with van der Waals surface area (Å²) in [5, 5.41) is 0. The molecule has 116 valence electrons. The van der Waals surface area contributed by atoms with Gasteiger partial charge in [-0.1, -0.05) is 25.1 Å². The Morgan fingerprint density at radius 2 is 1.95 bits per heavy atom. The molecule has 0 atom stereocenters. The van der Waals surface area contributed by atoms with Crippen molar-refractivity contribution in [3.05, 3.63) is 42.5 Å². The van der Waals surface area contributed by atoms with Crippen molar-refractivity contribution in [3.8, 4) is 5.75 Å². The molecule has 0 aliphatic carbocycles. The molecule has 2 rings (SSSR count). The van der Waals surface area contributed by atoms with Crippen molar-refractivity contribution in [2.45, 2.75) is 38.9 Å². The van der Waals surface area contributed by atoms with Gasteiger partial charge in [0.1, 0.15) is 5.75 Å². The van der Waals surface area contributed by atoms with Crippen LogP contribution in [0.2, 0.25) is 0 Å². The van der Waals surface area contributed by atoms with E-state index in [0.717, 1.165) is 56.8 Å². The molecule has 3 heteroatoms. The average molecular weight is 290 g/mol. The summed E-state index contributed by atoms with van der Waals surface area (Å²) in [6.07, 6.45) is 6.12. The smallest absolute Gasteiger partial charge is 0.183 e. The number of unbranched alkanes of at least 4 members (excludes halogenated alkanes) is 1. The molecule has 0 unspecified atom stereocenters. The minimum absolute atomic E-state index is 0.235. The van der Waals surface area contributed by atoms with Crippen LogP contribution in [0.1, 0.15) is 44.5 Å². The van der Waals surface area contributed by atoms with E-state index < -0.39 is 0 Å². The summed E-state index contributed by atoms with van der Waals surface area (Å²) in [5.74, 6) is 1.41. The van der Waals surface area contributed by atoms with Crippen molar-refractivity contribution in [1.82, 2.24) is 0 Å². The summed E-state index contributed by atoms with van der Waals surface area (Å²) in [5.41, 5.74) is 1.06. The van der Waals surface area contributed by atoms with Gasteiger partial charge in [-0.25, -0.2) is 0 Å². The third-order valence-corrected chi connectivity index (χ3v) is 3.61. The summed E-state index contributed by atoms with van der Waals surface area (Å²) < 4.78 is 17.3. The number of allylic oxidation sites excluding steroid dienone is 1. The normalized spacial score (nSPS) is 22.0. The van der Waals surface area contributed by atoms with Crippen molar-refractivity contribution in [3.63, 3.8) is 0 Å². The van der Waals surface area contributed by atoms with Gasteiger partial charge in [0.15, 0.2) is 6.29 Å². The summed E-state index contributed by atoms with van der Waals surface area (Å²) in [7, 11) is 0. The fourth-order valence-corrected chi connectivity index (χ4v) is 2.39. The van der Waals surface area contributed by atoms with Gasteiger partial charge in [-0.3, -0.25) is 0 Å². The Bertz CT molecular complexity index is 405. The molecule has 0 amide bonds. The summed E-state index contributed by atoms with van der Waals surface area (Å²) >= 11 is 0. The van der Waals surface area contributed by atoms with Crippen molar-refractivity contribution >= 4 is 0 Å². The zero-order valence-corrected chi connectivity index (χ0v) is 12.9. The minimum atomic E-state index is -0.235. The zero-order chi connectivity index (χ0) is 14.9. The van der Waals surface area contributed by atoms with E-state index in [1.807, 2.05) is 30.3 Å². The first-order chi connectivity index (χ1) is 10.3. The maximum absolute atomic E-state index is 5.84. The molecule has 1 aliphatic heterocycles. The highest BCUT2D eigenvalue weighted by Crippen LogP contribution is 2.28. The van der Waals surface area contributed by atoms with Gasteiger partial charge in [0.2, 0.25) is 0 Å². The van der Waals surface area contributed by atoms with E-state index in [4.69, 9.17) is 14.2 Å². The highest BCUT2D eigenvalue weighted by molar-refractivity contribution is 5.28. The molecule has 1 aromatic rings. The van der Waals surface area contributed by atoms with Gasteiger partial charge in [-0.15, -0.1) is 6.58 Å². The standard InChI is InChI=1S/C18H26O3/c1-3-5-6-7-15-13-20-18(21-14-15)16-8-10-17(11-9-16)19-12-4-2/h3,8-11,15,18H,1,4-7,12-14H2,2H3/t15-,18-. The molecule has 1 saturated heterocycles. The maximum atomic E-state index is 5.84. The number of hydrogen-bond donors (Lipinski definition) is 0. The van der Waals surface area contributed by atoms with Crippen LogP contribution in [0.15, 0.2) is 36.9 Å². The second-order valence-electron chi connectivity index (χ2n) is 5.50. The van der Waals surface area contributed by atoms with Crippen LogP contribution in [0.3, 0.4) is 0 Å². The lowest BCUT2D eigenvalue weighted by molar-refractivity contribution is -0.206. The Balaban J connectivity index is 1.77. The SMILES string of the molecule is C=CCCC[C@H]1CO[C@H](c2ccc(OCCC)cc2)OC1. The van der Waals surface area contributed by atoms with Crippen LogP contribution >= 0.6 is 0 Å². The van der Waals surface area contributed by atoms with E-state index in [2.05, 4.69) is 13.5 Å². The molecule has 0 bridgehead atoms. The third-order valence-electron chi connectivity index (χ3n) is 3.61. The molecule has 0 spiro atoms. The van der Waals surface area contributed by atoms with Crippen LogP contribution < -0.4 is 4.74 Å². The van der Waals surface area contributed by atoms with Crippen molar-refractivity contribution in [2.75, 3.05) is 19.8 Å².